The van der Waals surface area contributed by atoms with Crippen LogP contribution in [-0.4, -0.2) is 54.3 Å². The predicted molar refractivity (Wildman–Crippen MR) is 141 cm³/mol. The second kappa shape index (κ2) is 13.4. The van der Waals surface area contributed by atoms with Gasteiger partial charge in [0.15, 0.2) is 5.84 Å². The first-order valence-corrected chi connectivity index (χ1v) is 12.0. The highest BCUT2D eigenvalue weighted by Crippen LogP contribution is 2.26. The van der Waals surface area contributed by atoms with Crippen molar-refractivity contribution in [2.75, 3.05) is 34.0 Å². The smallest absolute Gasteiger partial charge is 0.168 e. The van der Waals surface area contributed by atoms with Gasteiger partial charge in [0.05, 0.1) is 30.9 Å². The van der Waals surface area contributed by atoms with Gasteiger partial charge in [-0.15, -0.1) is 0 Å². The lowest BCUT2D eigenvalue weighted by molar-refractivity contribution is 0.148. The van der Waals surface area contributed by atoms with Gasteiger partial charge in [-0.05, 0) is 68.7 Å². The number of oxime groups is 1. The summed E-state index contributed by atoms with van der Waals surface area (Å²) in [4.78, 5) is 11.9. The Morgan fingerprint density at radius 2 is 1.97 bits per heavy atom. The summed E-state index contributed by atoms with van der Waals surface area (Å²) in [6.45, 7) is 7.66. The molecule has 1 aromatic heterocycles. The number of hydrogen-bond donors (Lipinski definition) is 0. The van der Waals surface area contributed by atoms with E-state index < -0.39 is 0 Å². The Morgan fingerprint density at radius 3 is 2.61 bits per heavy atom. The summed E-state index contributed by atoms with van der Waals surface area (Å²) in [6.07, 6.45) is 8.43. The molecule has 1 unspecified atom stereocenters. The van der Waals surface area contributed by atoms with Gasteiger partial charge in [0, 0.05) is 26.5 Å². The maximum atomic E-state index is 13.5. The molecular weight excluding hydrogens is 459 g/mol. The summed E-state index contributed by atoms with van der Waals surface area (Å²) < 4.78 is 26.4. The molecule has 0 bridgehead atoms. The Labute approximate surface area is 212 Å². The van der Waals surface area contributed by atoms with Gasteiger partial charge in [-0.25, -0.2) is 9.37 Å². The zero-order chi connectivity index (χ0) is 25.9. The number of ether oxygens (including phenoxy) is 2. The lowest BCUT2D eigenvalue weighted by atomic mass is 10.1. The molecule has 36 heavy (non-hydrogen) atoms. The van der Waals surface area contributed by atoms with Crippen LogP contribution in [0.2, 0.25) is 0 Å². The molecule has 3 aromatic rings. The van der Waals surface area contributed by atoms with Crippen LogP contribution in [0.1, 0.15) is 43.1 Å². The van der Waals surface area contributed by atoms with E-state index in [2.05, 4.69) is 22.0 Å². The fraction of sp³-hybridized carbons (Fsp3) is 0.357. The summed E-state index contributed by atoms with van der Waals surface area (Å²) in [5.74, 6) is 1.13. The number of imidazole rings is 1. The molecule has 2 aromatic carbocycles. The number of benzene rings is 2. The second-order valence-corrected chi connectivity index (χ2v) is 8.32. The van der Waals surface area contributed by atoms with Crippen molar-refractivity contribution in [3.63, 3.8) is 0 Å². The van der Waals surface area contributed by atoms with Crippen molar-refractivity contribution in [1.29, 1.82) is 0 Å². The molecule has 0 radical (unpaired) electrons. The number of nitrogens with zero attached hydrogens (tertiary/aromatic N) is 4. The number of aryl methyl sites for hydroxylation is 1. The Bertz CT molecular complexity index is 1160. The molecule has 1 atom stereocenters. The number of hydrogen-bond acceptors (Lipinski definition) is 5. The second-order valence-electron chi connectivity index (χ2n) is 8.32. The molecule has 0 fully saturated rings. The molecule has 0 saturated carbocycles. The van der Waals surface area contributed by atoms with Gasteiger partial charge in [0.1, 0.15) is 18.2 Å². The van der Waals surface area contributed by atoms with Crippen LogP contribution in [0.3, 0.4) is 0 Å². The van der Waals surface area contributed by atoms with Gasteiger partial charge >= 0.3 is 0 Å². The van der Waals surface area contributed by atoms with Crippen molar-refractivity contribution in [2.24, 2.45) is 5.16 Å². The van der Waals surface area contributed by atoms with E-state index in [-0.39, 0.29) is 11.9 Å². The first-order valence-electron chi connectivity index (χ1n) is 12.0. The largest absolute Gasteiger partial charge is 0.495 e. The van der Waals surface area contributed by atoms with Crippen molar-refractivity contribution in [2.45, 2.75) is 33.2 Å². The van der Waals surface area contributed by atoms with E-state index in [1.807, 2.05) is 55.0 Å². The molecule has 0 aliphatic rings. The highest BCUT2D eigenvalue weighted by atomic mass is 19.1. The quantitative estimate of drug-likeness (QED) is 0.138. The van der Waals surface area contributed by atoms with Gasteiger partial charge in [0.25, 0.3) is 0 Å². The lowest BCUT2D eigenvalue weighted by Gasteiger charge is -2.31. The standard InChI is InChI=1S/C28H35FN4O3/c1-6-36-31-28(33(16-7-17-34-4)22(3)24-10-12-25(29)13-11-24)15-9-23-8-14-26(27(18-23)35-5)32-19-21(2)30-20-32/h8-15,18-20,22H,6-7,16-17H2,1-5H3/b15-9+,31-28?. The molecule has 0 N–H and O–H groups in total. The van der Waals surface area contributed by atoms with Crippen LogP contribution in [-0.2, 0) is 9.57 Å². The minimum absolute atomic E-state index is 0.0623. The molecule has 0 aliphatic heterocycles. The first kappa shape index (κ1) is 26.9. The summed E-state index contributed by atoms with van der Waals surface area (Å²) >= 11 is 0. The van der Waals surface area contributed by atoms with E-state index in [4.69, 9.17) is 14.3 Å². The SMILES string of the molecule is CCON=C(/C=C/c1ccc(-n2cnc(C)c2)c(OC)c1)N(CCCOC)C(C)c1ccc(F)cc1. The zero-order valence-corrected chi connectivity index (χ0v) is 21.6. The highest BCUT2D eigenvalue weighted by Gasteiger charge is 2.19. The number of methoxy groups -OCH3 is 2. The van der Waals surface area contributed by atoms with Crippen LogP contribution in [0.25, 0.3) is 11.8 Å². The van der Waals surface area contributed by atoms with Crippen LogP contribution in [0.15, 0.2) is 66.2 Å². The van der Waals surface area contributed by atoms with E-state index in [0.29, 0.717) is 25.6 Å². The van der Waals surface area contributed by atoms with E-state index in [1.54, 1.807) is 32.7 Å². The van der Waals surface area contributed by atoms with E-state index in [9.17, 15) is 4.39 Å². The zero-order valence-electron chi connectivity index (χ0n) is 21.6. The molecule has 3 rings (SSSR count). The third-order valence-electron chi connectivity index (χ3n) is 5.77. The monoisotopic (exact) mass is 494 g/mol. The third-order valence-corrected chi connectivity index (χ3v) is 5.77. The lowest BCUT2D eigenvalue weighted by Crippen LogP contribution is -2.34. The third kappa shape index (κ3) is 7.18. The molecule has 8 heteroatoms. The van der Waals surface area contributed by atoms with Crippen molar-refractivity contribution in [1.82, 2.24) is 14.5 Å². The number of halogens is 1. The summed E-state index contributed by atoms with van der Waals surface area (Å²) in [5.41, 5.74) is 3.77. The minimum atomic E-state index is -0.261. The molecule has 192 valence electrons. The molecular formula is C28H35FN4O3. The minimum Gasteiger partial charge on any atom is -0.495 e. The Balaban J connectivity index is 1.92. The van der Waals surface area contributed by atoms with Crippen LogP contribution >= 0.6 is 0 Å². The average molecular weight is 495 g/mol. The normalized spacial score (nSPS) is 12.7. The van der Waals surface area contributed by atoms with Crippen LogP contribution in [0.5, 0.6) is 5.75 Å². The molecule has 0 amide bonds. The summed E-state index contributed by atoms with van der Waals surface area (Å²) in [7, 11) is 3.34. The van der Waals surface area contributed by atoms with E-state index in [1.165, 1.54) is 12.1 Å². The maximum absolute atomic E-state index is 13.5. The number of amidine groups is 1. The van der Waals surface area contributed by atoms with Crippen molar-refractivity contribution in [3.05, 3.63) is 83.7 Å². The van der Waals surface area contributed by atoms with Crippen LogP contribution in [0, 0.1) is 12.7 Å². The Kier molecular flexibility index (Phi) is 10.1. The molecule has 0 spiro atoms. The summed E-state index contributed by atoms with van der Waals surface area (Å²) in [5, 5.41) is 4.41. The number of rotatable bonds is 12. The first-order chi connectivity index (χ1) is 17.5. The summed E-state index contributed by atoms with van der Waals surface area (Å²) in [6, 6.07) is 12.5. The number of aromatic nitrogens is 2. The van der Waals surface area contributed by atoms with Crippen molar-refractivity contribution >= 4 is 11.9 Å². The molecule has 7 nitrogen and oxygen atoms in total. The topological polar surface area (TPSA) is 61.1 Å². The Hall–Kier alpha value is -3.65. The average Bonchev–Trinajstić information content (AvgIpc) is 3.33. The fourth-order valence-corrected chi connectivity index (χ4v) is 3.85. The van der Waals surface area contributed by atoms with Crippen LogP contribution < -0.4 is 4.74 Å². The van der Waals surface area contributed by atoms with Crippen molar-refractivity contribution in [3.8, 4) is 11.4 Å². The highest BCUT2D eigenvalue weighted by molar-refractivity contribution is 5.96. The van der Waals surface area contributed by atoms with Crippen molar-refractivity contribution < 1.29 is 18.7 Å². The van der Waals surface area contributed by atoms with Gasteiger partial charge in [-0.3, -0.25) is 0 Å². The van der Waals surface area contributed by atoms with Gasteiger partial charge in [-0.2, -0.15) is 0 Å². The Morgan fingerprint density at radius 1 is 1.19 bits per heavy atom. The van der Waals surface area contributed by atoms with Gasteiger partial charge < -0.3 is 23.8 Å². The molecule has 0 aliphatic carbocycles. The molecule has 0 saturated heterocycles. The predicted octanol–water partition coefficient (Wildman–Crippen LogP) is 5.79. The van der Waals surface area contributed by atoms with Gasteiger partial charge in [-0.1, -0.05) is 29.4 Å². The van der Waals surface area contributed by atoms with Crippen LogP contribution in [0.4, 0.5) is 4.39 Å². The van der Waals surface area contributed by atoms with Gasteiger partial charge in [0.2, 0.25) is 0 Å². The van der Waals surface area contributed by atoms with E-state index in [0.717, 1.165) is 34.7 Å². The fourth-order valence-electron chi connectivity index (χ4n) is 3.85. The maximum Gasteiger partial charge on any atom is 0.168 e. The molecule has 1 heterocycles. The van der Waals surface area contributed by atoms with E-state index >= 15 is 0 Å².